The number of anilines is 2. The smallest absolute Gasteiger partial charge is 0.246 e. The molecule has 0 aliphatic rings. The molecule has 2 amide bonds. The Hall–Kier alpha value is -4.45. The zero-order valence-electron chi connectivity index (χ0n) is 23.6. The monoisotopic (exact) mass is 597 g/mol. The van der Waals surface area contributed by atoms with Gasteiger partial charge in [0.2, 0.25) is 12.3 Å². The number of para-hydroxylation sites is 1. The number of pyridine rings is 1. The van der Waals surface area contributed by atoms with Gasteiger partial charge in [0.15, 0.2) is 5.82 Å². The normalized spacial score (nSPS) is 12.0. The zero-order valence-corrected chi connectivity index (χ0v) is 24.4. The molecule has 0 saturated carbocycles. The average molecular weight is 598 g/mol. The lowest BCUT2D eigenvalue weighted by molar-refractivity contribution is -0.126. The summed E-state index contributed by atoms with van der Waals surface area (Å²) >= 11 is 0. The molecule has 3 rings (SSSR count). The lowest BCUT2D eigenvalue weighted by Gasteiger charge is -2.21. The minimum Gasteiger partial charge on any atom is -0.507 e. The van der Waals surface area contributed by atoms with Crippen LogP contribution in [0.1, 0.15) is 31.4 Å². The van der Waals surface area contributed by atoms with Gasteiger partial charge < -0.3 is 20.6 Å². The summed E-state index contributed by atoms with van der Waals surface area (Å²) in [6.07, 6.45) is 4.33. The number of hydrogen-bond acceptors (Lipinski definition) is 6. The summed E-state index contributed by atoms with van der Waals surface area (Å²) in [5, 5.41) is 15.8. The van der Waals surface area contributed by atoms with Crippen molar-refractivity contribution in [2.24, 2.45) is 4.99 Å². The number of hydrogen-bond donors (Lipinski definition) is 3. The molecule has 9 nitrogen and oxygen atoms in total. The summed E-state index contributed by atoms with van der Waals surface area (Å²) < 4.78 is 42.9. The van der Waals surface area contributed by atoms with Gasteiger partial charge in [0.25, 0.3) is 0 Å². The van der Waals surface area contributed by atoms with Crippen LogP contribution in [-0.4, -0.2) is 63.2 Å². The third kappa shape index (κ3) is 7.43. The summed E-state index contributed by atoms with van der Waals surface area (Å²) in [6, 6.07) is 9.82. The third-order valence-corrected chi connectivity index (χ3v) is 7.28. The Morgan fingerprint density at radius 1 is 1.17 bits per heavy atom. The van der Waals surface area contributed by atoms with E-state index in [9.17, 15) is 23.3 Å². The van der Waals surface area contributed by atoms with Crippen LogP contribution in [0.3, 0.4) is 0 Å². The highest BCUT2D eigenvalue weighted by atomic mass is 32.2. The lowest BCUT2D eigenvalue weighted by Crippen LogP contribution is -2.33. The van der Waals surface area contributed by atoms with E-state index in [0.29, 0.717) is 36.4 Å². The molecule has 0 radical (unpaired) electrons. The van der Waals surface area contributed by atoms with Crippen LogP contribution >= 0.6 is 0 Å². The third-order valence-electron chi connectivity index (χ3n) is 6.32. The number of amides is 2. The molecule has 0 spiro atoms. The number of halogens is 2. The van der Waals surface area contributed by atoms with Crippen LogP contribution < -0.4 is 10.6 Å². The highest BCUT2D eigenvalue weighted by molar-refractivity contribution is 7.84. The average Bonchev–Trinajstić information content (AvgIpc) is 2.97. The quantitative estimate of drug-likeness (QED) is 0.112. The number of rotatable bonds is 13. The number of aromatic nitrogens is 1. The molecule has 222 valence electrons. The number of aliphatic imine (C=N–C) groups is 1. The molecule has 42 heavy (non-hydrogen) atoms. The maximum absolute atomic E-state index is 15.6. The first-order valence-corrected chi connectivity index (χ1v) is 14.8. The Morgan fingerprint density at radius 2 is 1.90 bits per heavy atom. The van der Waals surface area contributed by atoms with Crippen LogP contribution in [0.15, 0.2) is 65.0 Å². The Kier molecular flexibility index (Phi) is 11.4. The van der Waals surface area contributed by atoms with Gasteiger partial charge >= 0.3 is 0 Å². The molecule has 1 unspecified atom stereocenters. The van der Waals surface area contributed by atoms with E-state index in [1.807, 2.05) is 19.9 Å². The molecule has 1 atom stereocenters. The van der Waals surface area contributed by atoms with Crippen molar-refractivity contribution in [2.75, 3.05) is 36.5 Å². The summed E-state index contributed by atoms with van der Waals surface area (Å²) in [5.74, 6) is -2.82. The summed E-state index contributed by atoms with van der Waals surface area (Å²) in [4.78, 5) is 34.7. The first-order chi connectivity index (χ1) is 20.2. The summed E-state index contributed by atoms with van der Waals surface area (Å²) in [5.41, 5.74) is 0.305. The van der Waals surface area contributed by atoms with Crippen LogP contribution in [0.2, 0.25) is 0 Å². The number of amidine groups is 1. The predicted molar refractivity (Wildman–Crippen MR) is 161 cm³/mol. The van der Waals surface area contributed by atoms with Crippen LogP contribution in [0, 0.1) is 11.6 Å². The van der Waals surface area contributed by atoms with Gasteiger partial charge in [-0.1, -0.05) is 38.6 Å². The van der Waals surface area contributed by atoms with E-state index in [4.69, 9.17) is 0 Å². The van der Waals surface area contributed by atoms with E-state index in [2.05, 4.69) is 27.2 Å². The highest BCUT2D eigenvalue weighted by Gasteiger charge is 2.23. The zero-order chi connectivity index (χ0) is 30.8. The molecular weight excluding hydrogens is 564 g/mol. The molecule has 3 aromatic rings. The fraction of sp³-hybridized carbons (Fsp3) is 0.267. The molecule has 0 fully saturated rings. The number of benzene rings is 2. The van der Waals surface area contributed by atoms with E-state index < -0.39 is 39.4 Å². The van der Waals surface area contributed by atoms with E-state index in [-0.39, 0.29) is 36.2 Å². The molecule has 12 heteroatoms. The first kappa shape index (κ1) is 32.1. The molecule has 0 aliphatic heterocycles. The molecule has 0 bridgehead atoms. The van der Waals surface area contributed by atoms with Gasteiger partial charge in [0, 0.05) is 19.3 Å². The Labute approximate surface area is 245 Å². The van der Waals surface area contributed by atoms with E-state index >= 15 is 4.39 Å². The minimum absolute atomic E-state index is 0.00927. The van der Waals surface area contributed by atoms with Gasteiger partial charge in [-0.3, -0.25) is 18.8 Å². The first-order valence-electron chi connectivity index (χ1n) is 13.2. The van der Waals surface area contributed by atoms with Crippen LogP contribution in [0.5, 0.6) is 5.75 Å². The summed E-state index contributed by atoms with van der Waals surface area (Å²) in [6.45, 7) is 8.12. The van der Waals surface area contributed by atoms with Crippen molar-refractivity contribution in [3.63, 3.8) is 0 Å². The number of aromatic hydroxyl groups is 1. The van der Waals surface area contributed by atoms with Crippen LogP contribution in [-0.2, 0) is 26.8 Å². The van der Waals surface area contributed by atoms with Crippen molar-refractivity contribution >= 4 is 40.5 Å². The van der Waals surface area contributed by atoms with E-state index in [1.165, 1.54) is 24.5 Å². The second-order valence-electron chi connectivity index (χ2n) is 9.09. The van der Waals surface area contributed by atoms with Crippen molar-refractivity contribution in [3.05, 3.63) is 77.9 Å². The SMILES string of the molecule is C=CC(=O)N(CCC)CCN=C(Nc1c(CC)cccc1S(C)=O)c1cc(F)c(-c2c(O)cccc2F)nc1NC=O. The topological polar surface area (TPSA) is 124 Å². The van der Waals surface area contributed by atoms with Gasteiger partial charge in [-0.15, -0.1) is 0 Å². The highest BCUT2D eigenvalue weighted by Crippen LogP contribution is 2.34. The molecule has 2 aromatic carbocycles. The van der Waals surface area contributed by atoms with Gasteiger partial charge in [0.1, 0.15) is 28.9 Å². The maximum atomic E-state index is 15.6. The van der Waals surface area contributed by atoms with Crippen molar-refractivity contribution in [2.45, 2.75) is 31.6 Å². The second-order valence-corrected chi connectivity index (χ2v) is 10.4. The Bertz CT molecular complexity index is 1510. The van der Waals surface area contributed by atoms with Crippen LogP contribution in [0.25, 0.3) is 11.3 Å². The number of carbonyl (C=O) groups excluding carboxylic acids is 2. The van der Waals surface area contributed by atoms with Crippen molar-refractivity contribution in [3.8, 4) is 17.0 Å². The fourth-order valence-corrected chi connectivity index (χ4v) is 5.07. The number of nitrogens with zero attached hydrogens (tertiary/aromatic N) is 3. The number of phenols is 1. The Balaban J connectivity index is 2.22. The van der Waals surface area contributed by atoms with Gasteiger partial charge in [-0.2, -0.15) is 0 Å². The minimum atomic E-state index is -1.41. The molecule has 1 heterocycles. The van der Waals surface area contributed by atoms with Crippen molar-refractivity contribution in [1.29, 1.82) is 0 Å². The van der Waals surface area contributed by atoms with Gasteiger partial charge in [0.05, 0.1) is 39.1 Å². The largest absolute Gasteiger partial charge is 0.507 e. The summed E-state index contributed by atoms with van der Waals surface area (Å²) in [7, 11) is -1.41. The molecule has 1 aromatic heterocycles. The number of carbonyl (C=O) groups is 2. The number of phenolic OH excluding ortho intramolecular Hbond substituents is 1. The predicted octanol–water partition coefficient (Wildman–Crippen LogP) is 4.88. The van der Waals surface area contributed by atoms with Gasteiger partial charge in [-0.25, -0.2) is 13.8 Å². The Morgan fingerprint density at radius 3 is 2.52 bits per heavy atom. The standard InChI is InChI=1S/C30H33F2N5O4S/c1-5-15-37(25(40)7-3)16-14-33-29(35-27-19(6-2)10-8-13-24(27)42(4)41)20-17-22(32)28(36-30(20)34-18-38)26-21(31)11-9-12-23(26)39/h7-13,17-18,39H,3,5-6,14-16H2,1-2,4H3,(H,33,35)(H,34,36,38). The molecule has 0 saturated heterocycles. The van der Waals surface area contributed by atoms with Crippen molar-refractivity contribution < 1.29 is 27.7 Å². The second kappa shape index (κ2) is 15.0. The number of nitrogens with one attached hydrogen (secondary N) is 2. The van der Waals surface area contributed by atoms with E-state index in [0.717, 1.165) is 17.7 Å². The molecular formula is C30H33F2N5O4S. The number of aryl methyl sites for hydroxylation is 1. The molecule has 3 N–H and O–H groups in total. The fourth-order valence-electron chi connectivity index (χ4n) is 4.33. The maximum Gasteiger partial charge on any atom is 0.246 e. The molecule has 0 aliphatic carbocycles. The van der Waals surface area contributed by atoms with Crippen LogP contribution in [0.4, 0.5) is 20.3 Å². The van der Waals surface area contributed by atoms with Gasteiger partial charge in [-0.05, 0) is 48.7 Å². The lowest BCUT2D eigenvalue weighted by atomic mass is 10.1. The van der Waals surface area contributed by atoms with Crippen molar-refractivity contribution in [1.82, 2.24) is 9.88 Å². The van der Waals surface area contributed by atoms with E-state index in [1.54, 1.807) is 17.0 Å².